The number of rotatable bonds is 3. The molecule has 1 aliphatic rings. The van der Waals surface area contributed by atoms with Crippen molar-refractivity contribution in [3.63, 3.8) is 0 Å². The lowest BCUT2D eigenvalue weighted by Gasteiger charge is -2.27. The zero-order valence-electron chi connectivity index (χ0n) is 10.5. The summed E-state index contributed by atoms with van der Waals surface area (Å²) in [5, 5.41) is 12.4. The summed E-state index contributed by atoms with van der Waals surface area (Å²) in [5.41, 5.74) is -0.174. The summed E-state index contributed by atoms with van der Waals surface area (Å²) < 4.78 is 26.1. The van der Waals surface area contributed by atoms with E-state index in [4.69, 9.17) is 0 Å². The molecule has 1 amide bonds. The lowest BCUT2D eigenvalue weighted by Crippen LogP contribution is -2.36. The largest absolute Gasteiger partial charge is 0.393 e. The van der Waals surface area contributed by atoms with Crippen LogP contribution < -0.4 is 5.32 Å². The summed E-state index contributed by atoms with van der Waals surface area (Å²) in [5.74, 6) is -2.14. The third kappa shape index (κ3) is 3.50. The highest BCUT2D eigenvalue weighted by Crippen LogP contribution is 2.23. The first-order valence-corrected chi connectivity index (χ1v) is 6.49. The Bertz CT molecular complexity index is 465. The second-order valence-electron chi connectivity index (χ2n) is 4.95. The molecule has 1 saturated carbocycles. The number of halogens is 2. The third-order valence-corrected chi connectivity index (χ3v) is 3.57. The van der Waals surface area contributed by atoms with Crippen LogP contribution in [-0.2, 0) is 0 Å². The molecule has 1 aromatic carbocycles. The van der Waals surface area contributed by atoms with Gasteiger partial charge in [-0.3, -0.25) is 4.79 Å². The number of nitrogens with one attached hydrogen (secondary N) is 1. The van der Waals surface area contributed by atoms with Gasteiger partial charge in [0.05, 0.1) is 11.7 Å². The zero-order chi connectivity index (χ0) is 13.8. The van der Waals surface area contributed by atoms with Gasteiger partial charge in [-0.25, -0.2) is 8.78 Å². The quantitative estimate of drug-likeness (QED) is 0.884. The van der Waals surface area contributed by atoms with E-state index < -0.39 is 23.6 Å². The standard InChI is InChI=1S/C14H17F2NO2/c15-10-5-6-11(12(16)7-10)14(19)17-8-9-3-1-2-4-13(9)18/h5-7,9,13,18H,1-4,8H2,(H,17,19). The molecule has 0 radical (unpaired) electrons. The minimum Gasteiger partial charge on any atom is -0.393 e. The zero-order valence-corrected chi connectivity index (χ0v) is 10.5. The molecule has 2 rings (SSSR count). The fourth-order valence-corrected chi connectivity index (χ4v) is 2.42. The molecule has 2 N–H and O–H groups in total. The number of aliphatic hydroxyl groups is 1. The summed E-state index contributed by atoms with van der Waals surface area (Å²) in [7, 11) is 0. The molecule has 0 spiro atoms. The van der Waals surface area contributed by atoms with Crippen LogP contribution in [0.2, 0.25) is 0 Å². The highest BCUT2D eigenvalue weighted by molar-refractivity contribution is 5.94. The van der Waals surface area contributed by atoms with Gasteiger partial charge in [0, 0.05) is 18.5 Å². The number of benzene rings is 1. The first-order valence-electron chi connectivity index (χ1n) is 6.49. The van der Waals surface area contributed by atoms with E-state index in [1.165, 1.54) is 0 Å². The fourth-order valence-electron chi connectivity index (χ4n) is 2.42. The van der Waals surface area contributed by atoms with Crippen molar-refractivity contribution in [3.05, 3.63) is 35.4 Å². The minimum atomic E-state index is -0.873. The Morgan fingerprint density at radius 3 is 2.74 bits per heavy atom. The molecule has 1 fully saturated rings. The van der Waals surface area contributed by atoms with Crippen LogP contribution in [0.15, 0.2) is 18.2 Å². The first kappa shape index (κ1) is 13.9. The smallest absolute Gasteiger partial charge is 0.254 e. The molecule has 19 heavy (non-hydrogen) atoms. The van der Waals surface area contributed by atoms with Gasteiger partial charge >= 0.3 is 0 Å². The van der Waals surface area contributed by atoms with Gasteiger partial charge in [0.25, 0.3) is 5.91 Å². The van der Waals surface area contributed by atoms with Crippen molar-refractivity contribution < 1.29 is 18.7 Å². The predicted octanol–water partition coefficient (Wildman–Crippen LogP) is 2.25. The van der Waals surface area contributed by atoms with Crippen molar-refractivity contribution in [3.8, 4) is 0 Å². The van der Waals surface area contributed by atoms with Gasteiger partial charge in [-0.2, -0.15) is 0 Å². The molecule has 0 bridgehead atoms. The van der Waals surface area contributed by atoms with E-state index in [1.807, 2.05) is 0 Å². The van der Waals surface area contributed by atoms with E-state index in [0.717, 1.165) is 37.8 Å². The van der Waals surface area contributed by atoms with E-state index in [2.05, 4.69) is 5.32 Å². The minimum absolute atomic E-state index is 0.0150. The maximum Gasteiger partial charge on any atom is 0.254 e. The molecule has 0 heterocycles. The summed E-state index contributed by atoms with van der Waals surface area (Å²) in [6, 6.07) is 2.86. The number of aliphatic hydroxyl groups excluding tert-OH is 1. The summed E-state index contributed by atoms with van der Waals surface area (Å²) in [6.45, 7) is 0.316. The normalized spacial score (nSPS) is 23.1. The maximum atomic E-state index is 13.4. The van der Waals surface area contributed by atoms with E-state index in [9.17, 15) is 18.7 Å². The van der Waals surface area contributed by atoms with Crippen molar-refractivity contribution in [2.75, 3.05) is 6.54 Å². The lowest BCUT2D eigenvalue weighted by molar-refractivity contribution is 0.0662. The van der Waals surface area contributed by atoms with Crippen LogP contribution in [0.1, 0.15) is 36.0 Å². The molecule has 3 nitrogen and oxygen atoms in total. The van der Waals surface area contributed by atoms with E-state index >= 15 is 0 Å². The van der Waals surface area contributed by atoms with Crippen LogP contribution in [0.5, 0.6) is 0 Å². The highest BCUT2D eigenvalue weighted by atomic mass is 19.1. The monoisotopic (exact) mass is 269 g/mol. The van der Waals surface area contributed by atoms with Gasteiger partial charge in [-0.15, -0.1) is 0 Å². The molecule has 1 aromatic rings. The SMILES string of the molecule is O=C(NCC1CCCCC1O)c1ccc(F)cc1F. The second kappa shape index (κ2) is 6.10. The predicted molar refractivity (Wildman–Crippen MR) is 66.7 cm³/mol. The highest BCUT2D eigenvalue weighted by Gasteiger charge is 2.23. The van der Waals surface area contributed by atoms with Crippen molar-refractivity contribution >= 4 is 5.91 Å². The van der Waals surface area contributed by atoms with Gasteiger partial charge in [0.15, 0.2) is 0 Å². The molecule has 1 aliphatic carbocycles. The number of hydrogen-bond acceptors (Lipinski definition) is 2. The average molecular weight is 269 g/mol. The van der Waals surface area contributed by atoms with Crippen LogP contribution in [0, 0.1) is 17.6 Å². The van der Waals surface area contributed by atoms with Gasteiger partial charge in [-0.05, 0) is 25.0 Å². The summed E-state index contributed by atoms with van der Waals surface area (Å²) >= 11 is 0. The molecular formula is C14H17F2NO2. The molecule has 104 valence electrons. The molecule has 0 aromatic heterocycles. The van der Waals surface area contributed by atoms with E-state index in [-0.39, 0.29) is 11.5 Å². The number of carbonyl (C=O) groups is 1. The van der Waals surface area contributed by atoms with Crippen molar-refractivity contribution in [1.82, 2.24) is 5.32 Å². The lowest BCUT2D eigenvalue weighted by atomic mass is 9.86. The third-order valence-electron chi connectivity index (χ3n) is 3.57. The maximum absolute atomic E-state index is 13.4. The second-order valence-corrected chi connectivity index (χ2v) is 4.95. The molecule has 5 heteroatoms. The molecule has 0 saturated heterocycles. The van der Waals surface area contributed by atoms with Crippen molar-refractivity contribution in [2.24, 2.45) is 5.92 Å². The van der Waals surface area contributed by atoms with Crippen LogP contribution in [0.25, 0.3) is 0 Å². The van der Waals surface area contributed by atoms with Gasteiger partial charge < -0.3 is 10.4 Å². The van der Waals surface area contributed by atoms with Crippen LogP contribution in [0.4, 0.5) is 8.78 Å². The van der Waals surface area contributed by atoms with Gasteiger partial charge in [0.1, 0.15) is 11.6 Å². The summed E-state index contributed by atoms with van der Waals surface area (Å²) in [4.78, 5) is 11.8. The molecular weight excluding hydrogens is 252 g/mol. The Hall–Kier alpha value is -1.49. The van der Waals surface area contributed by atoms with Crippen molar-refractivity contribution in [1.29, 1.82) is 0 Å². The Morgan fingerprint density at radius 2 is 2.05 bits per heavy atom. The Labute approximate surface area is 110 Å². The number of amides is 1. The number of carbonyl (C=O) groups excluding carboxylic acids is 1. The topological polar surface area (TPSA) is 49.3 Å². The first-order chi connectivity index (χ1) is 9.08. The van der Waals surface area contributed by atoms with Crippen LogP contribution in [-0.4, -0.2) is 23.7 Å². The van der Waals surface area contributed by atoms with E-state index in [0.29, 0.717) is 12.6 Å². The molecule has 0 aliphatic heterocycles. The van der Waals surface area contributed by atoms with Crippen LogP contribution >= 0.6 is 0 Å². The van der Waals surface area contributed by atoms with Crippen LogP contribution in [0.3, 0.4) is 0 Å². The van der Waals surface area contributed by atoms with Crippen molar-refractivity contribution in [2.45, 2.75) is 31.8 Å². The van der Waals surface area contributed by atoms with E-state index in [1.54, 1.807) is 0 Å². The molecule has 2 unspecified atom stereocenters. The summed E-state index contributed by atoms with van der Waals surface area (Å²) in [6.07, 6.45) is 3.21. The number of hydrogen-bond donors (Lipinski definition) is 2. The molecule has 2 atom stereocenters. The average Bonchev–Trinajstić information content (AvgIpc) is 2.37. The Balaban J connectivity index is 1.93. The fraction of sp³-hybridized carbons (Fsp3) is 0.500. The van der Waals surface area contributed by atoms with Gasteiger partial charge in [0.2, 0.25) is 0 Å². The Morgan fingerprint density at radius 1 is 1.32 bits per heavy atom. The Kier molecular flexibility index (Phi) is 4.47. The van der Waals surface area contributed by atoms with Gasteiger partial charge in [-0.1, -0.05) is 12.8 Å².